The van der Waals surface area contributed by atoms with Crippen LogP contribution in [0.4, 0.5) is 0 Å². The van der Waals surface area contributed by atoms with Gasteiger partial charge in [0, 0.05) is 11.2 Å². The van der Waals surface area contributed by atoms with Crippen molar-refractivity contribution < 1.29 is 9.21 Å². The SMILES string of the molecule is O=C(NCc1ccco1)c1cnn(Cc2ccccc2Cl)c1. The second-order valence-electron chi connectivity index (χ2n) is 4.78. The molecule has 0 bridgehead atoms. The summed E-state index contributed by atoms with van der Waals surface area (Å²) in [5.74, 6) is 0.513. The van der Waals surface area contributed by atoms with Crippen molar-refractivity contribution in [1.29, 1.82) is 0 Å². The van der Waals surface area contributed by atoms with Crippen LogP contribution in [-0.4, -0.2) is 15.7 Å². The number of furan rings is 1. The molecule has 3 aromatic rings. The van der Waals surface area contributed by atoms with Crippen LogP contribution in [0.15, 0.2) is 59.5 Å². The third-order valence-electron chi connectivity index (χ3n) is 3.19. The summed E-state index contributed by atoms with van der Waals surface area (Å²) in [5, 5.41) is 7.65. The summed E-state index contributed by atoms with van der Waals surface area (Å²) >= 11 is 6.12. The van der Waals surface area contributed by atoms with Crippen LogP contribution in [0.1, 0.15) is 21.7 Å². The Morgan fingerprint density at radius 3 is 2.91 bits per heavy atom. The Kier molecular flexibility index (Phi) is 4.25. The van der Waals surface area contributed by atoms with E-state index in [4.69, 9.17) is 16.0 Å². The maximum Gasteiger partial charge on any atom is 0.254 e. The number of benzene rings is 1. The Morgan fingerprint density at radius 1 is 1.27 bits per heavy atom. The molecule has 1 aromatic carbocycles. The monoisotopic (exact) mass is 315 g/mol. The van der Waals surface area contributed by atoms with Gasteiger partial charge in [0.2, 0.25) is 0 Å². The lowest BCUT2D eigenvalue weighted by Crippen LogP contribution is -2.22. The fraction of sp³-hybridized carbons (Fsp3) is 0.125. The van der Waals surface area contributed by atoms with E-state index in [1.54, 1.807) is 29.3 Å². The third kappa shape index (κ3) is 3.38. The summed E-state index contributed by atoms with van der Waals surface area (Å²) in [6, 6.07) is 11.1. The molecule has 0 aliphatic heterocycles. The van der Waals surface area contributed by atoms with Crippen LogP contribution < -0.4 is 5.32 Å². The molecule has 0 spiro atoms. The van der Waals surface area contributed by atoms with Gasteiger partial charge in [-0.15, -0.1) is 0 Å². The summed E-state index contributed by atoms with van der Waals surface area (Å²) in [7, 11) is 0. The first-order valence-electron chi connectivity index (χ1n) is 6.79. The van der Waals surface area contributed by atoms with Crippen LogP contribution in [0.5, 0.6) is 0 Å². The summed E-state index contributed by atoms with van der Waals surface area (Å²) in [4.78, 5) is 12.0. The number of nitrogens with zero attached hydrogens (tertiary/aromatic N) is 2. The Morgan fingerprint density at radius 2 is 2.14 bits per heavy atom. The number of hydrogen-bond donors (Lipinski definition) is 1. The number of halogens is 1. The minimum absolute atomic E-state index is 0.193. The van der Waals surface area contributed by atoms with E-state index in [2.05, 4.69) is 10.4 Å². The van der Waals surface area contributed by atoms with Gasteiger partial charge in [-0.1, -0.05) is 29.8 Å². The number of aromatic nitrogens is 2. The lowest BCUT2D eigenvalue weighted by molar-refractivity contribution is 0.0948. The molecule has 1 amide bonds. The van der Waals surface area contributed by atoms with E-state index in [-0.39, 0.29) is 5.91 Å². The minimum atomic E-state index is -0.193. The Labute approximate surface area is 132 Å². The molecule has 112 valence electrons. The fourth-order valence-electron chi connectivity index (χ4n) is 2.05. The highest BCUT2D eigenvalue weighted by molar-refractivity contribution is 6.31. The molecule has 0 saturated carbocycles. The van der Waals surface area contributed by atoms with Gasteiger partial charge in [0.15, 0.2) is 0 Å². The Hall–Kier alpha value is -2.53. The molecule has 2 aromatic heterocycles. The molecule has 0 radical (unpaired) electrons. The van der Waals surface area contributed by atoms with Gasteiger partial charge >= 0.3 is 0 Å². The summed E-state index contributed by atoms with van der Waals surface area (Å²) in [6.07, 6.45) is 4.80. The number of nitrogens with one attached hydrogen (secondary N) is 1. The number of rotatable bonds is 5. The highest BCUT2D eigenvalue weighted by atomic mass is 35.5. The molecule has 5 nitrogen and oxygen atoms in total. The van der Waals surface area contributed by atoms with E-state index in [0.717, 1.165) is 5.56 Å². The van der Waals surface area contributed by atoms with Gasteiger partial charge in [-0.2, -0.15) is 5.10 Å². The first-order chi connectivity index (χ1) is 10.7. The Balaban J connectivity index is 1.63. The van der Waals surface area contributed by atoms with E-state index in [0.29, 0.717) is 29.4 Å². The molecular formula is C16H14ClN3O2. The molecule has 0 saturated heterocycles. The van der Waals surface area contributed by atoms with Crippen LogP contribution in [0.2, 0.25) is 5.02 Å². The van der Waals surface area contributed by atoms with Crippen LogP contribution in [0.25, 0.3) is 0 Å². The fourth-order valence-corrected chi connectivity index (χ4v) is 2.25. The second kappa shape index (κ2) is 6.49. The normalized spacial score (nSPS) is 10.6. The van der Waals surface area contributed by atoms with Crippen molar-refractivity contribution in [3.05, 3.63) is 77.0 Å². The van der Waals surface area contributed by atoms with Crippen LogP contribution in [0, 0.1) is 0 Å². The number of carbonyl (C=O) groups is 1. The summed E-state index contributed by atoms with van der Waals surface area (Å²) in [6.45, 7) is 0.868. The lowest BCUT2D eigenvalue weighted by atomic mass is 10.2. The van der Waals surface area contributed by atoms with Crippen molar-refractivity contribution in [3.8, 4) is 0 Å². The zero-order valence-corrected chi connectivity index (χ0v) is 12.5. The molecule has 3 rings (SSSR count). The molecule has 0 atom stereocenters. The minimum Gasteiger partial charge on any atom is -0.467 e. The van der Waals surface area contributed by atoms with Gasteiger partial charge in [-0.25, -0.2) is 0 Å². The van der Waals surface area contributed by atoms with E-state index in [1.165, 1.54) is 6.20 Å². The topological polar surface area (TPSA) is 60.1 Å². The van der Waals surface area contributed by atoms with E-state index >= 15 is 0 Å². The summed E-state index contributed by atoms with van der Waals surface area (Å²) < 4.78 is 6.85. The standard InChI is InChI=1S/C16H14ClN3O2/c17-15-6-2-1-4-12(15)10-20-11-13(8-19-20)16(21)18-9-14-5-3-7-22-14/h1-8,11H,9-10H2,(H,18,21). The van der Waals surface area contributed by atoms with Crippen LogP contribution >= 0.6 is 11.6 Å². The van der Waals surface area contributed by atoms with Crippen molar-refractivity contribution in [1.82, 2.24) is 15.1 Å². The van der Waals surface area contributed by atoms with Crippen molar-refractivity contribution in [3.63, 3.8) is 0 Å². The second-order valence-corrected chi connectivity index (χ2v) is 5.19. The molecule has 22 heavy (non-hydrogen) atoms. The van der Waals surface area contributed by atoms with E-state index < -0.39 is 0 Å². The predicted molar refractivity (Wildman–Crippen MR) is 82.7 cm³/mol. The molecule has 0 aliphatic rings. The van der Waals surface area contributed by atoms with Gasteiger partial charge in [0.1, 0.15) is 5.76 Å². The molecule has 6 heteroatoms. The van der Waals surface area contributed by atoms with Gasteiger partial charge in [0.05, 0.1) is 31.1 Å². The number of amides is 1. The Bertz CT molecular complexity index is 765. The first kappa shape index (κ1) is 14.4. The highest BCUT2D eigenvalue weighted by Crippen LogP contribution is 2.16. The first-order valence-corrected chi connectivity index (χ1v) is 7.16. The molecular weight excluding hydrogens is 302 g/mol. The average Bonchev–Trinajstić information content (AvgIpc) is 3.19. The lowest BCUT2D eigenvalue weighted by Gasteiger charge is -2.04. The largest absolute Gasteiger partial charge is 0.467 e. The molecule has 1 N–H and O–H groups in total. The van der Waals surface area contributed by atoms with E-state index in [9.17, 15) is 4.79 Å². The zero-order chi connectivity index (χ0) is 15.4. The number of carbonyl (C=O) groups excluding carboxylic acids is 1. The molecule has 0 fully saturated rings. The van der Waals surface area contributed by atoms with Crippen molar-refractivity contribution in [2.24, 2.45) is 0 Å². The van der Waals surface area contributed by atoms with Gasteiger partial charge in [-0.3, -0.25) is 9.48 Å². The van der Waals surface area contributed by atoms with Gasteiger partial charge in [-0.05, 0) is 23.8 Å². The highest BCUT2D eigenvalue weighted by Gasteiger charge is 2.10. The maximum absolute atomic E-state index is 12.0. The van der Waals surface area contributed by atoms with E-state index in [1.807, 2.05) is 24.3 Å². The smallest absolute Gasteiger partial charge is 0.254 e. The molecule has 2 heterocycles. The van der Waals surface area contributed by atoms with Crippen molar-refractivity contribution in [2.75, 3.05) is 0 Å². The predicted octanol–water partition coefficient (Wildman–Crippen LogP) is 3.11. The van der Waals surface area contributed by atoms with Gasteiger partial charge in [0.25, 0.3) is 5.91 Å². The van der Waals surface area contributed by atoms with Crippen molar-refractivity contribution in [2.45, 2.75) is 13.1 Å². The third-order valence-corrected chi connectivity index (χ3v) is 3.56. The zero-order valence-electron chi connectivity index (χ0n) is 11.7. The van der Waals surface area contributed by atoms with Crippen LogP contribution in [-0.2, 0) is 13.1 Å². The number of hydrogen-bond acceptors (Lipinski definition) is 3. The molecule has 0 unspecified atom stereocenters. The maximum atomic E-state index is 12.0. The summed E-state index contributed by atoms with van der Waals surface area (Å²) in [5.41, 5.74) is 1.45. The van der Waals surface area contributed by atoms with Crippen LogP contribution in [0.3, 0.4) is 0 Å². The van der Waals surface area contributed by atoms with Gasteiger partial charge < -0.3 is 9.73 Å². The van der Waals surface area contributed by atoms with Crippen molar-refractivity contribution >= 4 is 17.5 Å². The quantitative estimate of drug-likeness (QED) is 0.787. The average molecular weight is 316 g/mol. The molecule has 0 aliphatic carbocycles.